The number of amides is 1. The van der Waals surface area contributed by atoms with E-state index in [0.717, 1.165) is 28.4 Å². The van der Waals surface area contributed by atoms with Gasteiger partial charge in [0.25, 0.3) is 5.91 Å². The van der Waals surface area contributed by atoms with Gasteiger partial charge in [0, 0.05) is 31.2 Å². The van der Waals surface area contributed by atoms with Gasteiger partial charge < -0.3 is 15.0 Å². The van der Waals surface area contributed by atoms with Crippen LogP contribution in [-0.2, 0) is 13.0 Å². The molecule has 0 saturated heterocycles. The molecule has 0 aliphatic heterocycles. The summed E-state index contributed by atoms with van der Waals surface area (Å²) in [6.45, 7) is 2.40. The minimum Gasteiger partial charge on any atom is -0.497 e. The van der Waals surface area contributed by atoms with Gasteiger partial charge in [-0.3, -0.25) is 9.20 Å². The number of methoxy groups -OCH3 is 1. The molecular weight excluding hydrogens is 424 g/mol. The smallest absolute Gasteiger partial charge is 0.270 e. The highest BCUT2D eigenvalue weighted by Crippen LogP contribution is 2.26. The largest absolute Gasteiger partial charge is 0.497 e. The topological polar surface area (TPSA) is 58.9 Å². The van der Waals surface area contributed by atoms with Crippen LogP contribution in [0.25, 0.3) is 5.65 Å². The van der Waals surface area contributed by atoms with Crippen LogP contribution in [0, 0.1) is 0 Å². The minimum atomic E-state index is -0.170. The van der Waals surface area contributed by atoms with Gasteiger partial charge in [0.05, 0.1) is 17.8 Å². The summed E-state index contributed by atoms with van der Waals surface area (Å²) in [5.74, 6) is 0.656. The summed E-state index contributed by atoms with van der Waals surface area (Å²) in [5.41, 5.74) is 5.11. The van der Waals surface area contributed by atoms with Gasteiger partial charge in [0.15, 0.2) is 0 Å². The fourth-order valence-electron chi connectivity index (χ4n) is 3.61. The summed E-state index contributed by atoms with van der Waals surface area (Å²) in [7, 11) is 3.67. The van der Waals surface area contributed by atoms with E-state index in [1.165, 1.54) is 0 Å². The van der Waals surface area contributed by atoms with Crippen molar-refractivity contribution in [2.24, 2.45) is 0 Å². The summed E-state index contributed by atoms with van der Waals surface area (Å²) in [6, 6.07) is 19.6. The third kappa shape index (κ3) is 4.41. The first-order chi connectivity index (χ1) is 15.5. The van der Waals surface area contributed by atoms with E-state index in [-0.39, 0.29) is 5.91 Å². The lowest BCUT2D eigenvalue weighted by molar-refractivity contribution is 0.0944. The second kappa shape index (κ2) is 9.32. The molecule has 32 heavy (non-hydrogen) atoms. The van der Waals surface area contributed by atoms with Crippen LogP contribution in [0.3, 0.4) is 0 Å². The Morgan fingerprint density at radius 2 is 1.72 bits per heavy atom. The number of hydrogen-bond donors (Lipinski definition) is 1. The number of aromatic nitrogens is 2. The third-order valence-electron chi connectivity index (χ3n) is 5.44. The highest BCUT2D eigenvalue weighted by Gasteiger charge is 2.18. The molecule has 4 rings (SSSR count). The van der Waals surface area contributed by atoms with Crippen molar-refractivity contribution in [3.63, 3.8) is 0 Å². The van der Waals surface area contributed by atoms with Crippen LogP contribution in [0.2, 0.25) is 5.02 Å². The molecule has 0 aliphatic carbocycles. The van der Waals surface area contributed by atoms with Gasteiger partial charge in [0.2, 0.25) is 0 Å². The highest BCUT2D eigenvalue weighted by molar-refractivity contribution is 6.30. The number of nitrogens with one attached hydrogen (secondary N) is 1. The molecule has 0 bridgehead atoms. The van der Waals surface area contributed by atoms with Gasteiger partial charge in [-0.05, 0) is 60.5 Å². The summed E-state index contributed by atoms with van der Waals surface area (Å²) in [5, 5.41) is 3.57. The van der Waals surface area contributed by atoms with E-state index in [2.05, 4.69) is 15.2 Å². The van der Waals surface area contributed by atoms with E-state index in [0.29, 0.717) is 29.3 Å². The maximum atomic E-state index is 13.0. The van der Waals surface area contributed by atoms with E-state index >= 15 is 0 Å². The number of benzene rings is 2. The third-order valence-corrected chi connectivity index (χ3v) is 5.66. The summed E-state index contributed by atoms with van der Waals surface area (Å²) in [4.78, 5) is 19.6. The molecule has 4 aromatic rings. The summed E-state index contributed by atoms with van der Waals surface area (Å²) in [6.07, 6.45) is 2.39. The molecule has 2 aromatic carbocycles. The number of imidazole rings is 1. The van der Waals surface area contributed by atoms with Crippen molar-refractivity contribution in [2.45, 2.75) is 19.9 Å². The Kier molecular flexibility index (Phi) is 6.32. The van der Waals surface area contributed by atoms with Crippen molar-refractivity contribution in [3.05, 3.63) is 88.8 Å². The predicted octanol–water partition coefficient (Wildman–Crippen LogP) is 5.26. The van der Waals surface area contributed by atoms with Crippen LogP contribution in [0.5, 0.6) is 5.75 Å². The molecule has 2 heterocycles. The quantitative estimate of drug-likeness (QED) is 0.419. The number of carbonyl (C=O) groups excluding carboxylic acids is 1. The molecule has 0 radical (unpaired) electrons. The van der Waals surface area contributed by atoms with Crippen molar-refractivity contribution in [3.8, 4) is 5.75 Å². The van der Waals surface area contributed by atoms with Crippen LogP contribution >= 0.6 is 11.6 Å². The zero-order chi connectivity index (χ0) is 22.7. The van der Waals surface area contributed by atoms with Crippen molar-refractivity contribution >= 4 is 34.5 Å². The van der Waals surface area contributed by atoms with Crippen LogP contribution in [-0.4, -0.2) is 29.4 Å². The summed E-state index contributed by atoms with van der Waals surface area (Å²) >= 11 is 6.13. The Bertz CT molecular complexity index is 1230. The Balaban J connectivity index is 1.46. The number of nitrogens with zero attached hydrogens (tertiary/aromatic N) is 3. The van der Waals surface area contributed by atoms with Crippen LogP contribution in [0.1, 0.15) is 28.7 Å². The normalized spacial score (nSPS) is 10.9. The van der Waals surface area contributed by atoms with E-state index in [1.54, 1.807) is 23.8 Å². The Morgan fingerprint density at radius 3 is 2.34 bits per heavy atom. The Labute approximate surface area is 192 Å². The lowest BCUT2D eigenvalue weighted by atomic mass is 10.1. The van der Waals surface area contributed by atoms with Crippen LogP contribution < -0.4 is 15.0 Å². The number of aryl methyl sites for hydroxylation is 1. The molecule has 1 amide bonds. The molecule has 0 saturated carbocycles. The molecule has 1 N–H and O–H groups in total. The lowest BCUT2D eigenvalue weighted by Crippen LogP contribution is -2.25. The van der Waals surface area contributed by atoms with Crippen molar-refractivity contribution < 1.29 is 9.53 Å². The molecule has 6 nitrogen and oxygen atoms in total. The van der Waals surface area contributed by atoms with Gasteiger partial charge in [-0.25, -0.2) is 4.98 Å². The molecule has 0 fully saturated rings. The second-order valence-corrected chi connectivity index (χ2v) is 7.88. The number of pyridine rings is 1. The van der Waals surface area contributed by atoms with Crippen molar-refractivity contribution in [1.82, 2.24) is 14.7 Å². The van der Waals surface area contributed by atoms with E-state index < -0.39 is 0 Å². The first kappa shape index (κ1) is 21.7. The number of ether oxygens (including phenoxy) is 1. The Hall–Kier alpha value is -3.51. The van der Waals surface area contributed by atoms with Gasteiger partial charge in [-0.2, -0.15) is 0 Å². The average Bonchev–Trinajstić information content (AvgIpc) is 3.20. The van der Waals surface area contributed by atoms with Crippen molar-refractivity contribution in [2.75, 3.05) is 19.1 Å². The fourth-order valence-corrected chi connectivity index (χ4v) is 3.77. The molecule has 2 aromatic heterocycles. The molecule has 0 atom stereocenters. The fraction of sp³-hybridized carbons (Fsp3) is 0.200. The molecule has 164 valence electrons. The monoisotopic (exact) mass is 448 g/mol. The molecule has 0 spiro atoms. The maximum absolute atomic E-state index is 13.0. The van der Waals surface area contributed by atoms with E-state index in [1.807, 2.05) is 68.6 Å². The number of anilines is 2. The number of carbonyl (C=O) groups is 1. The highest BCUT2D eigenvalue weighted by atomic mass is 35.5. The molecular formula is C25H25ClN4O2. The number of fused-ring (bicyclic) bond motifs is 1. The first-order valence-electron chi connectivity index (χ1n) is 10.4. The average molecular weight is 449 g/mol. The van der Waals surface area contributed by atoms with E-state index in [9.17, 15) is 4.79 Å². The number of rotatable bonds is 7. The lowest BCUT2D eigenvalue weighted by Gasteiger charge is -2.20. The number of hydrogen-bond acceptors (Lipinski definition) is 4. The van der Waals surface area contributed by atoms with E-state index in [4.69, 9.17) is 16.3 Å². The maximum Gasteiger partial charge on any atom is 0.270 e. The first-order valence-corrected chi connectivity index (χ1v) is 10.8. The zero-order valence-corrected chi connectivity index (χ0v) is 19.1. The van der Waals surface area contributed by atoms with Gasteiger partial charge in [0.1, 0.15) is 17.1 Å². The van der Waals surface area contributed by atoms with Crippen LogP contribution in [0.15, 0.2) is 66.9 Å². The molecule has 7 heteroatoms. The second-order valence-electron chi connectivity index (χ2n) is 7.44. The van der Waals surface area contributed by atoms with Gasteiger partial charge in [-0.1, -0.05) is 30.7 Å². The summed E-state index contributed by atoms with van der Waals surface area (Å²) < 4.78 is 6.98. The predicted molar refractivity (Wildman–Crippen MR) is 128 cm³/mol. The SMILES string of the molecule is CCc1nc2ccc(Cl)cn2c1C(=O)NCc1ccc(N(C)c2ccc(OC)cc2)cc1. The standard InChI is InChI=1S/C25H25ClN4O2/c1-4-22-24(30-16-18(26)7-14-23(30)28-22)25(31)27-15-17-5-8-19(9-6-17)29(2)20-10-12-21(32-3)13-11-20/h5-14,16H,4,15H2,1-3H3,(H,27,31). The minimum absolute atomic E-state index is 0.170. The Morgan fingerprint density at radius 1 is 1.06 bits per heavy atom. The van der Waals surface area contributed by atoms with Gasteiger partial charge in [-0.15, -0.1) is 0 Å². The molecule has 0 unspecified atom stereocenters. The van der Waals surface area contributed by atoms with Gasteiger partial charge >= 0.3 is 0 Å². The van der Waals surface area contributed by atoms with Crippen LogP contribution in [0.4, 0.5) is 11.4 Å². The zero-order valence-electron chi connectivity index (χ0n) is 18.3. The number of halogens is 1. The molecule has 0 aliphatic rings. The van der Waals surface area contributed by atoms with Crippen molar-refractivity contribution in [1.29, 1.82) is 0 Å².